The monoisotopic (exact) mass is 249 g/mol. The summed E-state index contributed by atoms with van der Waals surface area (Å²) < 4.78 is 0. The number of pyridine rings is 1. The van der Waals surface area contributed by atoms with E-state index >= 15 is 0 Å². The molecule has 1 aliphatic rings. The first-order valence-corrected chi connectivity index (χ1v) is 6.21. The van der Waals surface area contributed by atoms with Crippen LogP contribution in [-0.4, -0.2) is 58.6 Å². The van der Waals surface area contributed by atoms with Crippen molar-refractivity contribution in [1.82, 2.24) is 14.8 Å². The fraction of sp³-hybridized carbons (Fsp3) is 0.538. The van der Waals surface area contributed by atoms with Gasteiger partial charge in [0.1, 0.15) is 0 Å². The fourth-order valence-electron chi connectivity index (χ4n) is 2.28. The van der Waals surface area contributed by atoms with E-state index in [9.17, 15) is 4.79 Å². The number of nitrogens with zero attached hydrogens (tertiary/aromatic N) is 3. The third-order valence-corrected chi connectivity index (χ3v) is 3.38. The molecule has 1 atom stereocenters. The van der Waals surface area contributed by atoms with Crippen molar-refractivity contribution < 1.29 is 9.90 Å². The van der Waals surface area contributed by atoms with Gasteiger partial charge in [-0.05, 0) is 31.2 Å². The smallest absolute Gasteiger partial charge is 0.240 e. The van der Waals surface area contributed by atoms with Crippen molar-refractivity contribution in [3.63, 3.8) is 0 Å². The molecule has 1 amide bonds. The van der Waals surface area contributed by atoms with E-state index in [-0.39, 0.29) is 18.6 Å². The van der Waals surface area contributed by atoms with Crippen molar-refractivity contribution in [2.45, 2.75) is 19.0 Å². The Morgan fingerprint density at radius 1 is 1.39 bits per heavy atom. The van der Waals surface area contributed by atoms with Crippen LogP contribution in [0.15, 0.2) is 24.5 Å². The highest BCUT2D eigenvalue weighted by Crippen LogP contribution is 2.15. The number of carbonyl (C=O) groups excluding carboxylic acids is 1. The molecule has 1 N–H and O–H groups in total. The fourth-order valence-corrected chi connectivity index (χ4v) is 2.28. The van der Waals surface area contributed by atoms with Crippen LogP contribution in [0.3, 0.4) is 0 Å². The molecule has 1 saturated heterocycles. The maximum Gasteiger partial charge on any atom is 0.240 e. The van der Waals surface area contributed by atoms with E-state index in [1.807, 2.05) is 29.0 Å². The molecule has 1 fully saturated rings. The van der Waals surface area contributed by atoms with Crippen LogP contribution >= 0.6 is 0 Å². The summed E-state index contributed by atoms with van der Waals surface area (Å²) in [5.41, 5.74) is 1.09. The SMILES string of the molecule is CN1CCN(Cc2ccncc2)C(=O)C1CCO. The number of amides is 1. The molecule has 0 spiro atoms. The highest BCUT2D eigenvalue weighted by Gasteiger charge is 2.31. The summed E-state index contributed by atoms with van der Waals surface area (Å²) in [6.45, 7) is 2.25. The number of piperazine rings is 1. The number of aliphatic hydroxyl groups excluding tert-OH is 1. The van der Waals surface area contributed by atoms with Gasteiger partial charge >= 0.3 is 0 Å². The van der Waals surface area contributed by atoms with Crippen LogP contribution in [0.5, 0.6) is 0 Å². The van der Waals surface area contributed by atoms with E-state index in [1.165, 1.54) is 0 Å². The highest BCUT2D eigenvalue weighted by atomic mass is 16.3. The van der Waals surface area contributed by atoms with Crippen molar-refractivity contribution in [2.75, 3.05) is 26.7 Å². The third-order valence-electron chi connectivity index (χ3n) is 3.38. The van der Waals surface area contributed by atoms with Crippen LogP contribution in [0.1, 0.15) is 12.0 Å². The molecule has 1 aromatic rings. The summed E-state index contributed by atoms with van der Waals surface area (Å²) in [5, 5.41) is 9.02. The van der Waals surface area contributed by atoms with Crippen molar-refractivity contribution in [1.29, 1.82) is 0 Å². The molecule has 18 heavy (non-hydrogen) atoms. The first-order chi connectivity index (χ1) is 8.72. The maximum absolute atomic E-state index is 12.3. The topological polar surface area (TPSA) is 56.7 Å². The van der Waals surface area contributed by atoms with E-state index in [2.05, 4.69) is 4.98 Å². The first kappa shape index (κ1) is 13.0. The standard InChI is InChI=1S/C13H19N3O2/c1-15-7-8-16(13(18)12(15)4-9-17)10-11-2-5-14-6-3-11/h2-3,5-6,12,17H,4,7-10H2,1H3. The molecule has 0 radical (unpaired) electrons. The van der Waals surface area contributed by atoms with Crippen LogP contribution in [0, 0.1) is 0 Å². The quantitative estimate of drug-likeness (QED) is 0.822. The Morgan fingerprint density at radius 3 is 2.78 bits per heavy atom. The van der Waals surface area contributed by atoms with Gasteiger partial charge in [-0.3, -0.25) is 14.7 Å². The zero-order chi connectivity index (χ0) is 13.0. The lowest BCUT2D eigenvalue weighted by atomic mass is 10.1. The van der Waals surface area contributed by atoms with Gasteiger partial charge in [0, 0.05) is 38.6 Å². The molecule has 5 heteroatoms. The lowest BCUT2D eigenvalue weighted by Crippen LogP contribution is -2.55. The minimum atomic E-state index is -0.189. The molecule has 0 aliphatic carbocycles. The van der Waals surface area contributed by atoms with Gasteiger partial charge < -0.3 is 10.0 Å². The lowest BCUT2D eigenvalue weighted by molar-refractivity contribution is -0.142. The normalized spacial score (nSPS) is 21.3. The summed E-state index contributed by atoms with van der Waals surface area (Å²) in [4.78, 5) is 20.1. The molecule has 0 aromatic carbocycles. The zero-order valence-corrected chi connectivity index (χ0v) is 10.6. The Hall–Kier alpha value is -1.46. The molecule has 1 aliphatic heterocycles. The molecular weight excluding hydrogens is 230 g/mol. The van der Waals surface area contributed by atoms with E-state index in [4.69, 9.17) is 5.11 Å². The summed E-state index contributed by atoms with van der Waals surface area (Å²) in [6.07, 6.45) is 3.98. The highest BCUT2D eigenvalue weighted by molar-refractivity contribution is 5.82. The second kappa shape index (κ2) is 5.93. The summed E-state index contributed by atoms with van der Waals surface area (Å²) in [7, 11) is 1.93. The third kappa shape index (κ3) is 2.86. The minimum Gasteiger partial charge on any atom is -0.396 e. The van der Waals surface area contributed by atoms with E-state index in [1.54, 1.807) is 12.4 Å². The number of hydrogen-bond acceptors (Lipinski definition) is 4. The maximum atomic E-state index is 12.3. The number of likely N-dealkylation sites (N-methyl/N-ethyl adjacent to an activating group) is 1. The molecule has 98 valence electrons. The summed E-state index contributed by atoms with van der Waals surface area (Å²) >= 11 is 0. The molecule has 2 rings (SSSR count). The zero-order valence-electron chi connectivity index (χ0n) is 10.6. The van der Waals surface area contributed by atoms with Gasteiger partial charge in [0.25, 0.3) is 0 Å². The molecule has 0 saturated carbocycles. The number of aliphatic hydroxyl groups is 1. The van der Waals surface area contributed by atoms with Crippen LogP contribution in [0.25, 0.3) is 0 Å². The second-order valence-electron chi connectivity index (χ2n) is 4.62. The van der Waals surface area contributed by atoms with E-state index in [0.29, 0.717) is 13.0 Å². The van der Waals surface area contributed by atoms with Crippen LogP contribution < -0.4 is 0 Å². The minimum absolute atomic E-state index is 0.0455. The summed E-state index contributed by atoms with van der Waals surface area (Å²) in [5.74, 6) is 0.106. The van der Waals surface area contributed by atoms with Gasteiger partial charge in [0.15, 0.2) is 0 Å². The number of aromatic nitrogens is 1. The molecule has 1 aromatic heterocycles. The largest absolute Gasteiger partial charge is 0.396 e. The first-order valence-electron chi connectivity index (χ1n) is 6.21. The molecule has 5 nitrogen and oxygen atoms in total. The van der Waals surface area contributed by atoms with Crippen LogP contribution in [0.2, 0.25) is 0 Å². The van der Waals surface area contributed by atoms with E-state index < -0.39 is 0 Å². The number of hydrogen-bond donors (Lipinski definition) is 1. The van der Waals surface area contributed by atoms with Crippen molar-refractivity contribution in [3.05, 3.63) is 30.1 Å². The van der Waals surface area contributed by atoms with Gasteiger partial charge in [-0.25, -0.2) is 0 Å². The average molecular weight is 249 g/mol. The van der Waals surface area contributed by atoms with Crippen LogP contribution in [0.4, 0.5) is 0 Å². The molecule has 1 unspecified atom stereocenters. The Balaban J connectivity index is 2.03. The van der Waals surface area contributed by atoms with Gasteiger partial charge in [-0.15, -0.1) is 0 Å². The Bertz CT molecular complexity index is 396. The molecule has 0 bridgehead atoms. The number of carbonyl (C=O) groups is 1. The lowest BCUT2D eigenvalue weighted by Gasteiger charge is -2.38. The molecule has 2 heterocycles. The van der Waals surface area contributed by atoms with Gasteiger partial charge in [0.2, 0.25) is 5.91 Å². The second-order valence-corrected chi connectivity index (χ2v) is 4.62. The van der Waals surface area contributed by atoms with Crippen molar-refractivity contribution in [2.24, 2.45) is 0 Å². The predicted molar refractivity (Wildman–Crippen MR) is 67.8 cm³/mol. The van der Waals surface area contributed by atoms with Gasteiger partial charge in [-0.2, -0.15) is 0 Å². The van der Waals surface area contributed by atoms with Crippen molar-refractivity contribution in [3.8, 4) is 0 Å². The van der Waals surface area contributed by atoms with Crippen molar-refractivity contribution >= 4 is 5.91 Å². The Morgan fingerprint density at radius 2 is 2.11 bits per heavy atom. The Kier molecular flexibility index (Phi) is 4.28. The van der Waals surface area contributed by atoms with E-state index in [0.717, 1.165) is 18.7 Å². The van der Waals surface area contributed by atoms with Gasteiger partial charge in [0.05, 0.1) is 6.04 Å². The van der Waals surface area contributed by atoms with Gasteiger partial charge in [-0.1, -0.05) is 0 Å². The Labute approximate surface area is 107 Å². The number of rotatable bonds is 4. The average Bonchev–Trinajstić information content (AvgIpc) is 2.39. The predicted octanol–water partition coefficient (Wildman–Crippen LogP) is 0.107. The molecular formula is C13H19N3O2. The van der Waals surface area contributed by atoms with Crippen LogP contribution in [-0.2, 0) is 11.3 Å². The summed E-state index contributed by atoms with van der Waals surface area (Å²) in [6, 6.07) is 3.66.